The Morgan fingerprint density at radius 1 is 1.50 bits per heavy atom. The Morgan fingerprint density at radius 2 is 2.25 bits per heavy atom. The standard InChI is InChI=1S/C15H19NO4/c1-9(15(18)19)8-16-14(17)13-7-12(13)10-4-3-5-11(6-10)20-2/h3-6,9,12-13H,7-8H2,1-2H3,(H,16,17)(H,18,19). The first-order valence-electron chi connectivity index (χ1n) is 6.67. The maximum absolute atomic E-state index is 11.9. The molecule has 1 aromatic carbocycles. The van der Waals surface area contributed by atoms with E-state index in [1.807, 2.05) is 24.3 Å². The monoisotopic (exact) mass is 277 g/mol. The van der Waals surface area contributed by atoms with Crippen molar-refractivity contribution in [1.29, 1.82) is 0 Å². The number of nitrogens with one attached hydrogen (secondary N) is 1. The summed E-state index contributed by atoms with van der Waals surface area (Å²) in [5.41, 5.74) is 1.09. The van der Waals surface area contributed by atoms with Crippen molar-refractivity contribution < 1.29 is 19.4 Å². The lowest BCUT2D eigenvalue weighted by molar-refractivity contribution is -0.141. The predicted octanol–water partition coefficient (Wildman–Crippen LogP) is 1.64. The molecule has 2 N–H and O–H groups in total. The SMILES string of the molecule is COc1cccc(C2CC2C(=O)NCC(C)C(=O)O)c1. The fourth-order valence-electron chi connectivity index (χ4n) is 2.20. The Hall–Kier alpha value is -2.04. The molecule has 3 atom stereocenters. The zero-order chi connectivity index (χ0) is 14.7. The topological polar surface area (TPSA) is 75.6 Å². The van der Waals surface area contributed by atoms with Crippen molar-refractivity contribution >= 4 is 11.9 Å². The molecule has 1 aromatic rings. The first kappa shape index (κ1) is 14.4. The number of rotatable bonds is 6. The highest BCUT2D eigenvalue weighted by Gasteiger charge is 2.44. The number of methoxy groups -OCH3 is 1. The van der Waals surface area contributed by atoms with Gasteiger partial charge >= 0.3 is 5.97 Å². The fourth-order valence-corrected chi connectivity index (χ4v) is 2.20. The molecule has 0 radical (unpaired) electrons. The molecule has 0 aromatic heterocycles. The highest BCUT2D eigenvalue weighted by Crippen LogP contribution is 2.48. The van der Waals surface area contributed by atoms with Crippen LogP contribution in [-0.4, -0.2) is 30.6 Å². The van der Waals surface area contributed by atoms with E-state index < -0.39 is 11.9 Å². The molecule has 5 nitrogen and oxygen atoms in total. The van der Waals surface area contributed by atoms with Crippen molar-refractivity contribution in [1.82, 2.24) is 5.32 Å². The molecule has 1 saturated carbocycles. The van der Waals surface area contributed by atoms with E-state index >= 15 is 0 Å². The van der Waals surface area contributed by atoms with Gasteiger partial charge in [-0.15, -0.1) is 0 Å². The molecule has 1 amide bonds. The van der Waals surface area contributed by atoms with Gasteiger partial charge in [-0.1, -0.05) is 19.1 Å². The second kappa shape index (κ2) is 5.94. The van der Waals surface area contributed by atoms with Crippen molar-refractivity contribution in [3.8, 4) is 5.75 Å². The Balaban J connectivity index is 1.87. The normalized spacial score (nSPS) is 21.9. The summed E-state index contributed by atoms with van der Waals surface area (Å²) in [7, 11) is 1.61. The quantitative estimate of drug-likeness (QED) is 0.828. The summed E-state index contributed by atoms with van der Waals surface area (Å²) in [4.78, 5) is 22.6. The van der Waals surface area contributed by atoms with Crippen LogP contribution in [0.4, 0.5) is 0 Å². The summed E-state index contributed by atoms with van der Waals surface area (Å²) in [6.07, 6.45) is 0.806. The second-order valence-corrected chi connectivity index (χ2v) is 5.21. The van der Waals surface area contributed by atoms with Crippen molar-refractivity contribution in [2.24, 2.45) is 11.8 Å². The zero-order valence-electron chi connectivity index (χ0n) is 11.6. The minimum absolute atomic E-state index is 0.0527. The molecule has 0 heterocycles. The van der Waals surface area contributed by atoms with E-state index in [9.17, 15) is 9.59 Å². The average molecular weight is 277 g/mol. The number of amides is 1. The molecule has 0 bridgehead atoms. The summed E-state index contributed by atoms with van der Waals surface area (Å²) in [5, 5.41) is 11.5. The molecule has 1 aliphatic rings. The van der Waals surface area contributed by atoms with Crippen LogP contribution in [0.2, 0.25) is 0 Å². The van der Waals surface area contributed by atoms with Crippen LogP contribution in [-0.2, 0) is 9.59 Å². The lowest BCUT2D eigenvalue weighted by Gasteiger charge is -2.08. The summed E-state index contributed by atoms with van der Waals surface area (Å²) >= 11 is 0. The van der Waals surface area contributed by atoms with Crippen LogP contribution in [0.25, 0.3) is 0 Å². The van der Waals surface area contributed by atoms with Crippen molar-refractivity contribution in [2.75, 3.05) is 13.7 Å². The van der Waals surface area contributed by atoms with E-state index in [4.69, 9.17) is 9.84 Å². The number of hydrogen-bond acceptors (Lipinski definition) is 3. The first-order valence-corrected chi connectivity index (χ1v) is 6.67. The maximum atomic E-state index is 11.9. The molecule has 3 unspecified atom stereocenters. The van der Waals surface area contributed by atoms with Crippen molar-refractivity contribution in [2.45, 2.75) is 19.3 Å². The van der Waals surface area contributed by atoms with Gasteiger partial charge in [0.1, 0.15) is 5.75 Å². The molecule has 108 valence electrons. The van der Waals surface area contributed by atoms with E-state index in [0.29, 0.717) is 0 Å². The first-order chi connectivity index (χ1) is 9.52. The zero-order valence-corrected chi connectivity index (χ0v) is 11.6. The van der Waals surface area contributed by atoms with Gasteiger partial charge in [-0.3, -0.25) is 9.59 Å². The number of hydrogen-bond donors (Lipinski definition) is 2. The third-order valence-electron chi connectivity index (χ3n) is 3.65. The highest BCUT2D eigenvalue weighted by atomic mass is 16.5. The van der Waals surface area contributed by atoms with Gasteiger partial charge in [0.25, 0.3) is 0 Å². The number of benzene rings is 1. The summed E-state index contributed by atoms with van der Waals surface area (Å²) < 4.78 is 5.17. The predicted molar refractivity (Wildman–Crippen MR) is 73.7 cm³/mol. The average Bonchev–Trinajstić information content (AvgIpc) is 3.24. The van der Waals surface area contributed by atoms with E-state index in [1.54, 1.807) is 14.0 Å². The van der Waals surface area contributed by atoms with Gasteiger partial charge in [0.05, 0.1) is 13.0 Å². The van der Waals surface area contributed by atoms with Crippen LogP contribution >= 0.6 is 0 Å². The van der Waals surface area contributed by atoms with Crippen LogP contribution in [0, 0.1) is 11.8 Å². The van der Waals surface area contributed by atoms with Crippen LogP contribution in [0.15, 0.2) is 24.3 Å². The third kappa shape index (κ3) is 3.29. The van der Waals surface area contributed by atoms with Gasteiger partial charge in [-0.2, -0.15) is 0 Å². The second-order valence-electron chi connectivity index (χ2n) is 5.21. The number of carbonyl (C=O) groups excluding carboxylic acids is 1. The molecule has 0 aliphatic heterocycles. The number of carbonyl (C=O) groups is 2. The summed E-state index contributed by atoms with van der Waals surface area (Å²) in [6, 6.07) is 7.71. The van der Waals surface area contributed by atoms with E-state index in [1.165, 1.54) is 0 Å². The van der Waals surface area contributed by atoms with Gasteiger partial charge in [0, 0.05) is 12.5 Å². The van der Waals surface area contributed by atoms with Crippen LogP contribution in [0.1, 0.15) is 24.8 Å². The van der Waals surface area contributed by atoms with Crippen molar-refractivity contribution in [3.63, 3.8) is 0 Å². The van der Waals surface area contributed by atoms with Crippen molar-refractivity contribution in [3.05, 3.63) is 29.8 Å². The Labute approximate surface area is 117 Å². The number of ether oxygens (including phenoxy) is 1. The molecule has 2 rings (SSSR count). The van der Waals surface area contributed by atoms with E-state index in [2.05, 4.69) is 5.32 Å². The molecule has 1 fully saturated rings. The fraction of sp³-hybridized carbons (Fsp3) is 0.467. The van der Waals surface area contributed by atoms with E-state index in [-0.39, 0.29) is 24.3 Å². The maximum Gasteiger partial charge on any atom is 0.308 e. The lowest BCUT2D eigenvalue weighted by Crippen LogP contribution is -2.32. The van der Waals surface area contributed by atoms with Crippen LogP contribution in [0.5, 0.6) is 5.75 Å². The molecule has 0 spiro atoms. The summed E-state index contributed by atoms with van der Waals surface area (Å²) in [5.74, 6) is -0.578. The minimum Gasteiger partial charge on any atom is -0.497 e. The van der Waals surface area contributed by atoms with Gasteiger partial charge < -0.3 is 15.2 Å². The van der Waals surface area contributed by atoms with Crippen LogP contribution < -0.4 is 10.1 Å². The minimum atomic E-state index is -0.898. The Kier molecular flexibility index (Phi) is 4.27. The third-order valence-corrected chi connectivity index (χ3v) is 3.65. The lowest BCUT2D eigenvalue weighted by atomic mass is 10.1. The smallest absolute Gasteiger partial charge is 0.308 e. The van der Waals surface area contributed by atoms with Gasteiger partial charge in [0.15, 0.2) is 0 Å². The highest BCUT2D eigenvalue weighted by molar-refractivity contribution is 5.83. The Bertz CT molecular complexity index is 514. The van der Waals surface area contributed by atoms with Gasteiger partial charge in [0.2, 0.25) is 5.91 Å². The van der Waals surface area contributed by atoms with E-state index in [0.717, 1.165) is 17.7 Å². The molecule has 0 saturated heterocycles. The number of aliphatic carboxylic acids is 1. The number of carboxylic acids is 1. The molecule has 20 heavy (non-hydrogen) atoms. The van der Waals surface area contributed by atoms with Gasteiger partial charge in [-0.05, 0) is 30.0 Å². The largest absolute Gasteiger partial charge is 0.497 e. The van der Waals surface area contributed by atoms with Crippen LogP contribution in [0.3, 0.4) is 0 Å². The molecule has 5 heteroatoms. The molecular formula is C15H19NO4. The molecular weight excluding hydrogens is 258 g/mol. The Morgan fingerprint density at radius 3 is 2.90 bits per heavy atom. The summed E-state index contributed by atoms with van der Waals surface area (Å²) in [6.45, 7) is 1.75. The molecule has 1 aliphatic carbocycles. The number of carboxylic acid groups (broad SMARTS) is 1. The van der Waals surface area contributed by atoms with Gasteiger partial charge in [-0.25, -0.2) is 0 Å².